The van der Waals surface area contributed by atoms with E-state index in [1.165, 1.54) is 0 Å². The number of anilines is 1. The number of hydrogen-bond acceptors (Lipinski definition) is 3. The van der Waals surface area contributed by atoms with E-state index in [2.05, 4.69) is 24.1 Å². The fraction of sp³-hybridized carbons (Fsp3) is 0.625. The number of hydrogen-bond donors (Lipinski definition) is 1. The van der Waals surface area contributed by atoms with Gasteiger partial charge in [-0.05, 0) is 37.7 Å². The largest absolute Gasteiger partial charge is 0.370 e. The van der Waals surface area contributed by atoms with Crippen molar-refractivity contribution >= 4 is 23.3 Å². The average Bonchev–Trinajstić information content (AvgIpc) is 2.94. The van der Waals surface area contributed by atoms with Gasteiger partial charge in [-0.1, -0.05) is 25.4 Å². The Balaban J connectivity index is 2.19. The summed E-state index contributed by atoms with van der Waals surface area (Å²) in [6.45, 7) is 8.82. The minimum atomic E-state index is 0.0188. The van der Waals surface area contributed by atoms with E-state index in [1.54, 1.807) is 12.3 Å². The zero-order chi connectivity index (χ0) is 15.5. The molecule has 1 aliphatic heterocycles. The second-order valence-electron chi connectivity index (χ2n) is 5.76. The van der Waals surface area contributed by atoms with Crippen molar-refractivity contribution in [3.63, 3.8) is 0 Å². The highest BCUT2D eigenvalue weighted by molar-refractivity contribution is 6.33. The molecule has 116 valence electrons. The molecule has 0 radical (unpaired) electrons. The van der Waals surface area contributed by atoms with Gasteiger partial charge in [-0.2, -0.15) is 0 Å². The first-order chi connectivity index (χ1) is 10.0. The lowest BCUT2D eigenvalue weighted by molar-refractivity contribution is 0.0770. The minimum absolute atomic E-state index is 0.0188. The number of aromatic nitrogens is 1. The van der Waals surface area contributed by atoms with E-state index < -0.39 is 0 Å². The molecule has 0 spiro atoms. The SMILES string of the molecule is CCNc1cc(C(=O)N2CCC(CC)(CC)C2)c(Cl)cn1. The molecule has 0 aliphatic carbocycles. The van der Waals surface area contributed by atoms with Gasteiger partial charge in [-0.15, -0.1) is 0 Å². The molecular weight excluding hydrogens is 286 g/mol. The van der Waals surface area contributed by atoms with Gasteiger partial charge < -0.3 is 10.2 Å². The maximum absolute atomic E-state index is 12.7. The molecule has 1 amide bonds. The lowest BCUT2D eigenvalue weighted by Crippen LogP contribution is -2.32. The number of carbonyl (C=O) groups is 1. The predicted octanol–water partition coefficient (Wildman–Crippen LogP) is 3.82. The molecule has 1 saturated heterocycles. The highest BCUT2D eigenvalue weighted by atomic mass is 35.5. The highest BCUT2D eigenvalue weighted by Crippen LogP contribution is 2.37. The van der Waals surface area contributed by atoms with Crippen molar-refractivity contribution in [3.05, 3.63) is 22.8 Å². The molecule has 0 saturated carbocycles. The van der Waals surface area contributed by atoms with E-state index in [-0.39, 0.29) is 11.3 Å². The van der Waals surface area contributed by atoms with Gasteiger partial charge >= 0.3 is 0 Å². The molecule has 0 bridgehead atoms. The molecule has 1 aliphatic rings. The molecule has 0 atom stereocenters. The summed E-state index contributed by atoms with van der Waals surface area (Å²) in [5.74, 6) is 0.715. The zero-order valence-corrected chi connectivity index (χ0v) is 13.8. The summed E-state index contributed by atoms with van der Waals surface area (Å²) in [5, 5.41) is 3.54. The Morgan fingerprint density at radius 2 is 2.14 bits per heavy atom. The van der Waals surface area contributed by atoms with Crippen LogP contribution in [0, 0.1) is 5.41 Å². The van der Waals surface area contributed by atoms with Crippen molar-refractivity contribution in [3.8, 4) is 0 Å². The van der Waals surface area contributed by atoms with Crippen LogP contribution in [0.2, 0.25) is 5.02 Å². The molecule has 4 nitrogen and oxygen atoms in total. The molecule has 21 heavy (non-hydrogen) atoms. The van der Waals surface area contributed by atoms with Crippen LogP contribution in [0.5, 0.6) is 0 Å². The number of pyridine rings is 1. The Hall–Kier alpha value is -1.29. The average molecular weight is 310 g/mol. The highest BCUT2D eigenvalue weighted by Gasteiger charge is 2.37. The summed E-state index contributed by atoms with van der Waals surface area (Å²) in [6, 6.07) is 1.76. The number of nitrogens with one attached hydrogen (secondary N) is 1. The molecule has 1 aromatic heterocycles. The molecule has 2 rings (SSSR count). The lowest BCUT2D eigenvalue weighted by Gasteiger charge is -2.26. The van der Waals surface area contributed by atoms with Gasteiger partial charge in [-0.3, -0.25) is 4.79 Å². The van der Waals surface area contributed by atoms with Gasteiger partial charge in [0.1, 0.15) is 5.82 Å². The van der Waals surface area contributed by atoms with Crippen LogP contribution < -0.4 is 5.32 Å². The number of halogens is 1. The fourth-order valence-corrected chi connectivity index (χ4v) is 3.17. The number of nitrogens with zero attached hydrogens (tertiary/aromatic N) is 2. The van der Waals surface area contributed by atoms with Crippen molar-refractivity contribution < 1.29 is 4.79 Å². The minimum Gasteiger partial charge on any atom is -0.370 e. The quantitative estimate of drug-likeness (QED) is 0.899. The Bertz CT molecular complexity index is 514. The summed E-state index contributed by atoms with van der Waals surface area (Å²) in [5.41, 5.74) is 0.824. The van der Waals surface area contributed by atoms with Crippen LogP contribution in [-0.4, -0.2) is 35.4 Å². The smallest absolute Gasteiger partial charge is 0.255 e. The van der Waals surface area contributed by atoms with E-state index in [9.17, 15) is 4.79 Å². The predicted molar refractivity (Wildman–Crippen MR) is 86.9 cm³/mol. The van der Waals surface area contributed by atoms with Crippen molar-refractivity contribution in [2.45, 2.75) is 40.0 Å². The molecular formula is C16H24ClN3O. The van der Waals surface area contributed by atoms with Gasteiger partial charge in [-0.25, -0.2) is 4.98 Å². The molecule has 1 N–H and O–H groups in total. The Morgan fingerprint density at radius 1 is 1.43 bits per heavy atom. The van der Waals surface area contributed by atoms with Gasteiger partial charge in [0.25, 0.3) is 5.91 Å². The number of likely N-dealkylation sites (tertiary alicyclic amines) is 1. The molecule has 5 heteroatoms. The first kappa shape index (κ1) is 16.1. The number of carbonyl (C=O) groups excluding carboxylic acids is 1. The monoisotopic (exact) mass is 309 g/mol. The third-order valence-electron chi connectivity index (χ3n) is 4.67. The zero-order valence-electron chi connectivity index (χ0n) is 13.1. The molecule has 0 unspecified atom stereocenters. The van der Waals surface area contributed by atoms with E-state index in [1.807, 2.05) is 11.8 Å². The van der Waals surface area contributed by atoms with Crippen molar-refractivity contribution in [1.29, 1.82) is 0 Å². The molecule has 2 heterocycles. The third-order valence-corrected chi connectivity index (χ3v) is 4.97. The second-order valence-corrected chi connectivity index (χ2v) is 6.17. The van der Waals surface area contributed by atoms with Gasteiger partial charge in [0.05, 0.1) is 10.6 Å². The van der Waals surface area contributed by atoms with E-state index >= 15 is 0 Å². The van der Waals surface area contributed by atoms with Crippen LogP contribution in [0.4, 0.5) is 5.82 Å². The topological polar surface area (TPSA) is 45.2 Å². The summed E-state index contributed by atoms with van der Waals surface area (Å²) in [4.78, 5) is 18.8. The van der Waals surface area contributed by atoms with Gasteiger partial charge in [0.2, 0.25) is 0 Å². The number of amides is 1. The van der Waals surface area contributed by atoms with Crippen LogP contribution >= 0.6 is 11.6 Å². The maximum Gasteiger partial charge on any atom is 0.255 e. The molecule has 1 fully saturated rings. The summed E-state index contributed by atoms with van der Waals surface area (Å²) in [7, 11) is 0. The normalized spacial score (nSPS) is 17.0. The van der Waals surface area contributed by atoms with E-state index in [4.69, 9.17) is 11.6 Å². The van der Waals surface area contributed by atoms with E-state index in [0.29, 0.717) is 16.4 Å². The summed E-state index contributed by atoms with van der Waals surface area (Å²) >= 11 is 6.17. The standard InChI is InChI=1S/C16H24ClN3O/c1-4-16(5-2)7-8-20(11-16)15(21)12-9-14(18-6-3)19-10-13(12)17/h9-10H,4-8,11H2,1-3H3,(H,18,19). The lowest BCUT2D eigenvalue weighted by atomic mass is 9.82. The fourth-order valence-electron chi connectivity index (χ4n) is 2.99. The van der Waals surface area contributed by atoms with E-state index in [0.717, 1.165) is 38.9 Å². The molecule has 1 aromatic rings. The number of rotatable bonds is 5. The van der Waals surface area contributed by atoms with Crippen molar-refractivity contribution in [2.24, 2.45) is 5.41 Å². The van der Waals surface area contributed by atoms with Crippen LogP contribution in [0.1, 0.15) is 50.4 Å². The van der Waals surface area contributed by atoms with Crippen molar-refractivity contribution in [2.75, 3.05) is 25.0 Å². The summed E-state index contributed by atoms with van der Waals surface area (Å²) < 4.78 is 0. The van der Waals surface area contributed by atoms with Crippen LogP contribution in [0.3, 0.4) is 0 Å². The van der Waals surface area contributed by atoms with Crippen LogP contribution in [0.15, 0.2) is 12.3 Å². The molecule has 0 aromatic carbocycles. The Kier molecular flexibility index (Phi) is 5.09. The first-order valence-electron chi connectivity index (χ1n) is 7.74. The van der Waals surface area contributed by atoms with Crippen LogP contribution in [-0.2, 0) is 0 Å². The van der Waals surface area contributed by atoms with Gasteiger partial charge in [0.15, 0.2) is 0 Å². The van der Waals surface area contributed by atoms with Crippen molar-refractivity contribution in [1.82, 2.24) is 9.88 Å². The summed E-state index contributed by atoms with van der Waals surface area (Å²) in [6.07, 6.45) is 4.85. The second kappa shape index (κ2) is 6.65. The first-order valence-corrected chi connectivity index (χ1v) is 8.11. The van der Waals surface area contributed by atoms with Gasteiger partial charge in [0, 0.05) is 25.8 Å². The third kappa shape index (κ3) is 3.31. The maximum atomic E-state index is 12.7. The Labute approximate surface area is 131 Å². The van der Waals surface area contributed by atoms with Crippen LogP contribution in [0.25, 0.3) is 0 Å². The Morgan fingerprint density at radius 3 is 2.71 bits per heavy atom.